The van der Waals surface area contributed by atoms with E-state index >= 15 is 0 Å². The van der Waals surface area contributed by atoms with Gasteiger partial charge >= 0.3 is 6.03 Å². The number of carbonyl (C=O) groups is 2. The minimum Gasteiger partial charge on any atom is -0.348 e. The maximum Gasteiger partial charge on any atom is 0.319 e. The summed E-state index contributed by atoms with van der Waals surface area (Å²) in [5, 5.41) is 16.5. The third kappa shape index (κ3) is 4.54. The molecule has 2 bridgehead atoms. The van der Waals surface area contributed by atoms with E-state index in [-0.39, 0.29) is 30.3 Å². The Morgan fingerprint density at radius 2 is 1.85 bits per heavy atom. The number of aromatic amines is 1. The van der Waals surface area contributed by atoms with Crippen molar-refractivity contribution in [2.45, 2.75) is 50.4 Å². The molecule has 33 heavy (non-hydrogen) atoms. The van der Waals surface area contributed by atoms with Gasteiger partial charge in [-0.3, -0.25) is 9.89 Å². The predicted octanol–water partition coefficient (Wildman–Crippen LogP) is 3.38. The van der Waals surface area contributed by atoms with Crippen molar-refractivity contribution in [1.29, 1.82) is 0 Å². The first kappa shape index (κ1) is 21.4. The van der Waals surface area contributed by atoms with Crippen LogP contribution in [0.1, 0.15) is 41.7 Å². The number of hydrogen-bond acceptors (Lipinski definition) is 4. The van der Waals surface area contributed by atoms with Gasteiger partial charge in [0.05, 0.1) is 5.52 Å². The van der Waals surface area contributed by atoms with E-state index in [0.29, 0.717) is 34.4 Å². The standard InChI is InChI=1S/C24H27FN6O2/c1-31-18-7-8-19(31)11-17(10-18)27-23(32)22-20-9-6-16(12-21(20)29-30-22)28-24(33)26-13-14-2-4-15(25)5-3-14/h2-6,9,12,17-19H,7-8,10-11,13H2,1H3,(H,27,32)(H,29,30)(H2,26,28,33). The maximum absolute atomic E-state index is 13.0. The van der Waals surface area contributed by atoms with Gasteiger partial charge in [0.2, 0.25) is 0 Å². The van der Waals surface area contributed by atoms with Crippen molar-refractivity contribution >= 4 is 28.5 Å². The van der Waals surface area contributed by atoms with Crippen LogP contribution in [0, 0.1) is 5.82 Å². The summed E-state index contributed by atoms with van der Waals surface area (Å²) in [6.45, 7) is 0.279. The molecule has 2 unspecified atom stereocenters. The largest absolute Gasteiger partial charge is 0.348 e. The van der Waals surface area contributed by atoms with Crippen molar-refractivity contribution in [2.24, 2.45) is 0 Å². The number of H-pyrrole nitrogens is 1. The number of amides is 3. The van der Waals surface area contributed by atoms with Crippen molar-refractivity contribution in [3.8, 4) is 0 Å². The van der Waals surface area contributed by atoms with Crippen LogP contribution >= 0.6 is 0 Å². The summed E-state index contributed by atoms with van der Waals surface area (Å²) < 4.78 is 13.0. The van der Waals surface area contributed by atoms with Crippen molar-refractivity contribution in [2.75, 3.05) is 12.4 Å². The Kier molecular flexibility index (Phi) is 5.72. The summed E-state index contributed by atoms with van der Waals surface area (Å²) in [6, 6.07) is 12.1. The highest BCUT2D eigenvalue weighted by Crippen LogP contribution is 2.34. The Hall–Kier alpha value is -3.46. The molecule has 2 aromatic carbocycles. The van der Waals surface area contributed by atoms with E-state index in [1.807, 2.05) is 0 Å². The molecule has 0 spiro atoms. The highest BCUT2D eigenvalue weighted by atomic mass is 19.1. The Morgan fingerprint density at radius 1 is 1.12 bits per heavy atom. The average Bonchev–Trinajstić information content (AvgIpc) is 3.29. The summed E-state index contributed by atoms with van der Waals surface area (Å²) in [5.74, 6) is -0.490. The molecular weight excluding hydrogens is 423 g/mol. The lowest BCUT2D eigenvalue weighted by Crippen LogP contribution is -2.48. The smallest absolute Gasteiger partial charge is 0.319 e. The molecule has 2 saturated heterocycles. The lowest BCUT2D eigenvalue weighted by atomic mass is 9.98. The summed E-state index contributed by atoms with van der Waals surface area (Å²) in [5.41, 5.74) is 2.40. The predicted molar refractivity (Wildman–Crippen MR) is 123 cm³/mol. The number of hydrogen-bond donors (Lipinski definition) is 4. The van der Waals surface area contributed by atoms with Gasteiger partial charge in [-0.05, 0) is 68.6 Å². The molecule has 172 valence electrons. The zero-order valence-electron chi connectivity index (χ0n) is 18.4. The average molecular weight is 451 g/mol. The van der Waals surface area contributed by atoms with Gasteiger partial charge in [-0.25, -0.2) is 9.18 Å². The molecule has 9 heteroatoms. The van der Waals surface area contributed by atoms with Crippen LogP contribution in [0.3, 0.4) is 0 Å². The van der Waals surface area contributed by atoms with Gasteiger partial charge in [0.25, 0.3) is 5.91 Å². The fourth-order valence-electron chi connectivity index (χ4n) is 5.01. The van der Waals surface area contributed by atoms with Crippen LogP contribution in [0.5, 0.6) is 0 Å². The van der Waals surface area contributed by atoms with Crippen molar-refractivity contribution in [1.82, 2.24) is 25.7 Å². The number of rotatable bonds is 5. The second kappa shape index (κ2) is 8.82. The topological polar surface area (TPSA) is 102 Å². The number of urea groups is 1. The van der Waals surface area contributed by atoms with Gasteiger partial charge in [0.15, 0.2) is 5.69 Å². The van der Waals surface area contributed by atoms with Gasteiger partial charge in [-0.1, -0.05) is 12.1 Å². The van der Waals surface area contributed by atoms with Gasteiger partial charge in [0, 0.05) is 35.7 Å². The van der Waals surface area contributed by atoms with E-state index < -0.39 is 0 Å². The van der Waals surface area contributed by atoms with E-state index in [1.54, 1.807) is 30.3 Å². The van der Waals surface area contributed by atoms with Crippen LogP contribution in [0.25, 0.3) is 10.9 Å². The van der Waals surface area contributed by atoms with Crippen molar-refractivity contribution in [3.05, 3.63) is 59.5 Å². The van der Waals surface area contributed by atoms with E-state index in [0.717, 1.165) is 18.4 Å². The van der Waals surface area contributed by atoms with E-state index in [9.17, 15) is 14.0 Å². The molecule has 1 aromatic heterocycles. The number of halogens is 1. The van der Waals surface area contributed by atoms with E-state index in [2.05, 4.69) is 38.1 Å². The molecule has 0 aliphatic carbocycles. The molecule has 2 fully saturated rings. The summed E-state index contributed by atoms with van der Waals surface area (Å²) in [6.07, 6.45) is 4.35. The highest BCUT2D eigenvalue weighted by molar-refractivity contribution is 6.05. The molecule has 4 N–H and O–H groups in total. The van der Waals surface area contributed by atoms with Gasteiger partial charge < -0.3 is 20.9 Å². The zero-order chi connectivity index (χ0) is 22.9. The molecule has 5 rings (SSSR count). The number of carbonyl (C=O) groups excluding carboxylic acids is 2. The number of anilines is 1. The minimum atomic E-state index is -0.381. The normalized spacial score (nSPS) is 22.3. The van der Waals surface area contributed by atoms with E-state index in [4.69, 9.17) is 0 Å². The van der Waals surface area contributed by atoms with Gasteiger partial charge in [-0.2, -0.15) is 5.10 Å². The Balaban J connectivity index is 1.20. The molecule has 3 amide bonds. The third-order valence-corrected chi connectivity index (χ3v) is 6.84. The van der Waals surface area contributed by atoms with Crippen molar-refractivity contribution in [3.63, 3.8) is 0 Å². The number of aromatic nitrogens is 2. The van der Waals surface area contributed by atoms with Crippen LogP contribution in [0.2, 0.25) is 0 Å². The van der Waals surface area contributed by atoms with Crippen LogP contribution in [0.4, 0.5) is 14.9 Å². The van der Waals surface area contributed by atoms with Crippen LogP contribution in [-0.2, 0) is 6.54 Å². The van der Waals surface area contributed by atoms with E-state index in [1.165, 1.54) is 25.0 Å². The Labute approximate surface area is 190 Å². The quantitative estimate of drug-likeness (QED) is 0.479. The van der Waals surface area contributed by atoms with Gasteiger partial charge in [0.1, 0.15) is 5.82 Å². The molecule has 0 saturated carbocycles. The van der Waals surface area contributed by atoms with Crippen LogP contribution in [-0.4, -0.2) is 52.2 Å². The number of fused-ring (bicyclic) bond motifs is 3. The lowest BCUT2D eigenvalue weighted by Gasteiger charge is -2.36. The second-order valence-corrected chi connectivity index (χ2v) is 8.96. The molecule has 2 aliphatic heterocycles. The number of piperidine rings is 1. The van der Waals surface area contributed by atoms with Gasteiger partial charge in [-0.15, -0.1) is 0 Å². The Bertz CT molecular complexity index is 1160. The van der Waals surface area contributed by atoms with Crippen molar-refractivity contribution < 1.29 is 14.0 Å². The molecule has 3 aromatic rings. The van der Waals surface area contributed by atoms with Crippen LogP contribution in [0.15, 0.2) is 42.5 Å². The number of nitrogens with zero attached hydrogens (tertiary/aromatic N) is 2. The monoisotopic (exact) mass is 450 g/mol. The highest BCUT2D eigenvalue weighted by Gasteiger charge is 2.39. The molecular formula is C24H27FN6O2. The first-order valence-corrected chi connectivity index (χ1v) is 11.3. The summed E-state index contributed by atoms with van der Waals surface area (Å²) in [4.78, 5) is 27.6. The minimum absolute atomic E-state index is 0.170. The number of benzene rings is 2. The maximum atomic E-state index is 13.0. The summed E-state index contributed by atoms with van der Waals surface area (Å²) in [7, 11) is 2.18. The zero-order valence-corrected chi connectivity index (χ0v) is 18.4. The first-order chi connectivity index (χ1) is 16.0. The number of nitrogens with one attached hydrogen (secondary N) is 4. The molecule has 3 heterocycles. The van der Waals surface area contributed by atoms with Crippen LogP contribution < -0.4 is 16.0 Å². The SMILES string of the molecule is CN1C2CCC1CC(NC(=O)c1n[nH]c3cc(NC(=O)NCc4ccc(F)cc4)ccc13)C2. The molecule has 0 radical (unpaired) electrons. The Morgan fingerprint density at radius 3 is 2.58 bits per heavy atom. The molecule has 2 aliphatic rings. The fourth-order valence-corrected chi connectivity index (χ4v) is 5.01. The molecule has 8 nitrogen and oxygen atoms in total. The third-order valence-electron chi connectivity index (χ3n) is 6.84. The fraction of sp³-hybridized carbons (Fsp3) is 0.375. The molecule has 2 atom stereocenters. The first-order valence-electron chi connectivity index (χ1n) is 11.3. The second-order valence-electron chi connectivity index (χ2n) is 8.96. The summed E-state index contributed by atoms with van der Waals surface area (Å²) >= 11 is 0. The lowest BCUT2D eigenvalue weighted by molar-refractivity contribution is 0.0879.